The minimum absolute atomic E-state index is 0.308. The van der Waals surface area contributed by atoms with Crippen LogP contribution in [0, 0.1) is 5.92 Å². The minimum Gasteiger partial charge on any atom is -0.460 e. The summed E-state index contributed by atoms with van der Waals surface area (Å²) in [6.45, 7) is 10.4. The second-order valence-corrected chi connectivity index (χ2v) is 6.86. The molecule has 1 heterocycles. The van der Waals surface area contributed by atoms with Gasteiger partial charge in [0.1, 0.15) is 5.60 Å². The van der Waals surface area contributed by atoms with Gasteiger partial charge in [0.2, 0.25) is 5.91 Å². The van der Waals surface area contributed by atoms with Gasteiger partial charge in [-0.15, -0.1) is 0 Å². The predicted molar refractivity (Wildman–Crippen MR) is 88.2 cm³/mol. The summed E-state index contributed by atoms with van der Waals surface area (Å²) in [6.07, 6.45) is -0.379. The molecular weight excluding hydrogens is 314 g/mol. The van der Waals surface area contributed by atoms with Crippen molar-refractivity contribution < 1.29 is 23.9 Å². The van der Waals surface area contributed by atoms with Crippen LogP contribution in [-0.2, 0) is 19.1 Å². The molecule has 1 fully saturated rings. The average Bonchev–Trinajstić information content (AvgIpc) is 2.51. The van der Waals surface area contributed by atoms with Gasteiger partial charge in [-0.3, -0.25) is 9.59 Å². The van der Waals surface area contributed by atoms with Gasteiger partial charge in [-0.2, -0.15) is 0 Å². The smallest absolute Gasteiger partial charge is 0.409 e. The Kier molecular flexibility index (Phi) is 7.01. The van der Waals surface area contributed by atoms with Gasteiger partial charge >= 0.3 is 12.1 Å². The molecule has 8 heteroatoms. The summed E-state index contributed by atoms with van der Waals surface area (Å²) in [7, 11) is 0. The SMILES string of the molecule is CCOC(=O)N1CCN(C(=O)C(N)C(C)C(=O)OC(C)(C)C)CC1. The van der Waals surface area contributed by atoms with Crippen molar-refractivity contribution in [2.24, 2.45) is 11.7 Å². The first-order chi connectivity index (χ1) is 11.1. The highest BCUT2D eigenvalue weighted by Gasteiger charge is 2.34. The Morgan fingerprint density at radius 2 is 1.58 bits per heavy atom. The van der Waals surface area contributed by atoms with Crippen molar-refractivity contribution in [2.75, 3.05) is 32.8 Å². The summed E-state index contributed by atoms with van der Waals surface area (Å²) in [5, 5.41) is 0. The zero-order valence-electron chi connectivity index (χ0n) is 15.2. The van der Waals surface area contributed by atoms with Crippen molar-refractivity contribution in [2.45, 2.75) is 46.3 Å². The fraction of sp³-hybridized carbons (Fsp3) is 0.812. The second-order valence-electron chi connectivity index (χ2n) is 6.86. The molecule has 0 radical (unpaired) electrons. The van der Waals surface area contributed by atoms with Crippen LogP contribution in [0.3, 0.4) is 0 Å². The normalized spacial score (nSPS) is 17.9. The third-order valence-corrected chi connectivity index (χ3v) is 3.72. The molecular formula is C16H29N3O5. The van der Waals surface area contributed by atoms with Gasteiger partial charge < -0.3 is 25.0 Å². The van der Waals surface area contributed by atoms with Gasteiger partial charge in [0.25, 0.3) is 0 Å². The van der Waals surface area contributed by atoms with E-state index in [0.717, 1.165) is 0 Å². The van der Waals surface area contributed by atoms with Crippen LogP contribution in [0.5, 0.6) is 0 Å². The Labute approximate surface area is 143 Å². The molecule has 8 nitrogen and oxygen atoms in total. The molecule has 1 saturated heterocycles. The van der Waals surface area contributed by atoms with E-state index in [1.807, 2.05) is 0 Å². The Morgan fingerprint density at radius 3 is 2.04 bits per heavy atom. The third-order valence-electron chi connectivity index (χ3n) is 3.72. The van der Waals surface area contributed by atoms with Gasteiger partial charge in [-0.05, 0) is 34.6 Å². The summed E-state index contributed by atoms with van der Waals surface area (Å²) >= 11 is 0. The fourth-order valence-corrected chi connectivity index (χ4v) is 2.29. The number of carbonyl (C=O) groups excluding carboxylic acids is 3. The molecule has 0 aliphatic carbocycles. The summed E-state index contributed by atoms with van der Waals surface area (Å²) in [5.41, 5.74) is 5.33. The van der Waals surface area contributed by atoms with Gasteiger partial charge in [0, 0.05) is 26.2 Å². The molecule has 1 aliphatic heterocycles. The van der Waals surface area contributed by atoms with Crippen LogP contribution in [0.4, 0.5) is 4.79 Å². The van der Waals surface area contributed by atoms with E-state index in [-0.39, 0.29) is 12.0 Å². The van der Waals surface area contributed by atoms with Crippen LogP contribution in [0.15, 0.2) is 0 Å². The van der Waals surface area contributed by atoms with Gasteiger partial charge in [-0.25, -0.2) is 4.79 Å². The molecule has 2 N–H and O–H groups in total. The highest BCUT2D eigenvalue weighted by molar-refractivity contribution is 5.88. The van der Waals surface area contributed by atoms with Crippen LogP contribution in [0.2, 0.25) is 0 Å². The summed E-state index contributed by atoms with van der Waals surface area (Å²) < 4.78 is 10.2. The zero-order chi connectivity index (χ0) is 18.5. The van der Waals surface area contributed by atoms with Crippen LogP contribution in [0.25, 0.3) is 0 Å². The van der Waals surface area contributed by atoms with Crippen molar-refractivity contribution >= 4 is 18.0 Å². The quantitative estimate of drug-likeness (QED) is 0.750. The van der Waals surface area contributed by atoms with Crippen LogP contribution < -0.4 is 5.73 Å². The number of hydrogen-bond acceptors (Lipinski definition) is 6. The fourth-order valence-electron chi connectivity index (χ4n) is 2.29. The number of nitrogens with zero attached hydrogens (tertiary/aromatic N) is 2. The van der Waals surface area contributed by atoms with Crippen molar-refractivity contribution in [3.63, 3.8) is 0 Å². The van der Waals surface area contributed by atoms with E-state index in [0.29, 0.717) is 32.8 Å². The first-order valence-electron chi connectivity index (χ1n) is 8.25. The Hall–Kier alpha value is -1.83. The molecule has 24 heavy (non-hydrogen) atoms. The lowest BCUT2D eigenvalue weighted by molar-refractivity contribution is -0.162. The molecule has 0 spiro atoms. The molecule has 0 aromatic heterocycles. The standard InChI is InChI=1S/C16H29N3O5/c1-6-23-15(22)19-9-7-18(8-10-19)13(20)12(17)11(2)14(21)24-16(3,4)5/h11-12H,6-10,17H2,1-5H3. The van der Waals surface area contributed by atoms with Crippen LogP contribution >= 0.6 is 0 Å². The van der Waals surface area contributed by atoms with Gasteiger partial charge in [0.15, 0.2) is 0 Å². The Morgan fingerprint density at radius 1 is 1.08 bits per heavy atom. The highest BCUT2D eigenvalue weighted by Crippen LogP contribution is 2.15. The highest BCUT2D eigenvalue weighted by atomic mass is 16.6. The van der Waals surface area contributed by atoms with Crippen molar-refractivity contribution in [1.29, 1.82) is 0 Å². The molecule has 0 aromatic carbocycles. The zero-order valence-corrected chi connectivity index (χ0v) is 15.2. The molecule has 2 unspecified atom stereocenters. The topological polar surface area (TPSA) is 102 Å². The summed E-state index contributed by atoms with van der Waals surface area (Å²) in [4.78, 5) is 39.3. The van der Waals surface area contributed by atoms with Gasteiger partial charge in [-0.1, -0.05) is 0 Å². The number of amides is 2. The molecule has 0 aromatic rings. The molecule has 0 bridgehead atoms. The van der Waals surface area contributed by atoms with Crippen molar-refractivity contribution in [1.82, 2.24) is 9.80 Å². The van der Waals surface area contributed by atoms with E-state index in [4.69, 9.17) is 15.2 Å². The van der Waals surface area contributed by atoms with E-state index in [2.05, 4.69) is 0 Å². The Bertz CT molecular complexity index is 467. The number of esters is 1. The van der Waals surface area contributed by atoms with Crippen molar-refractivity contribution in [3.05, 3.63) is 0 Å². The largest absolute Gasteiger partial charge is 0.460 e. The molecule has 0 saturated carbocycles. The average molecular weight is 343 g/mol. The Balaban J connectivity index is 2.55. The monoisotopic (exact) mass is 343 g/mol. The molecule has 2 amide bonds. The number of nitrogens with two attached hydrogens (primary N) is 1. The maximum Gasteiger partial charge on any atom is 0.409 e. The number of hydrogen-bond donors (Lipinski definition) is 1. The lowest BCUT2D eigenvalue weighted by Crippen LogP contribution is -2.56. The van der Waals surface area contributed by atoms with Crippen LogP contribution in [0.1, 0.15) is 34.6 Å². The lowest BCUT2D eigenvalue weighted by atomic mass is 10.0. The summed E-state index contributed by atoms with van der Waals surface area (Å²) in [6, 6.07) is -0.964. The molecule has 2 atom stereocenters. The number of rotatable bonds is 4. The van der Waals surface area contributed by atoms with Gasteiger partial charge in [0.05, 0.1) is 18.6 Å². The maximum atomic E-state index is 12.5. The van der Waals surface area contributed by atoms with Crippen molar-refractivity contribution in [3.8, 4) is 0 Å². The number of piperazine rings is 1. The van der Waals surface area contributed by atoms with E-state index in [1.165, 1.54) is 0 Å². The van der Waals surface area contributed by atoms with E-state index >= 15 is 0 Å². The van der Waals surface area contributed by atoms with E-state index < -0.39 is 23.5 Å². The number of carbonyl (C=O) groups is 3. The van der Waals surface area contributed by atoms with Crippen LogP contribution in [-0.4, -0.2) is 72.2 Å². The number of ether oxygens (including phenoxy) is 2. The third kappa shape index (κ3) is 5.67. The van der Waals surface area contributed by atoms with E-state index in [9.17, 15) is 14.4 Å². The van der Waals surface area contributed by atoms with E-state index in [1.54, 1.807) is 44.4 Å². The molecule has 1 rings (SSSR count). The maximum absolute atomic E-state index is 12.5. The lowest BCUT2D eigenvalue weighted by Gasteiger charge is -2.36. The minimum atomic E-state index is -0.964. The first-order valence-corrected chi connectivity index (χ1v) is 8.25. The molecule has 138 valence electrons. The second kappa shape index (κ2) is 8.32. The summed E-state index contributed by atoms with van der Waals surface area (Å²) in [5.74, 6) is -1.54. The first kappa shape index (κ1) is 20.2. The predicted octanol–water partition coefficient (Wildman–Crippen LogP) is 0.592. The molecule has 1 aliphatic rings.